The molecule has 0 bridgehead atoms. The molecule has 1 aromatic heterocycles. The fourth-order valence-corrected chi connectivity index (χ4v) is 2.60. The van der Waals surface area contributed by atoms with E-state index in [1.807, 2.05) is 30.3 Å². The van der Waals surface area contributed by atoms with Gasteiger partial charge in [-0.1, -0.05) is 42.8 Å². The molecule has 0 aliphatic heterocycles. The predicted octanol–water partition coefficient (Wildman–Crippen LogP) is 3.47. The first-order chi connectivity index (χ1) is 10.2. The molecule has 112 valence electrons. The minimum atomic E-state index is 0.302. The Kier molecular flexibility index (Phi) is 6.03. The molecule has 0 spiro atoms. The summed E-state index contributed by atoms with van der Waals surface area (Å²) in [4.78, 5) is 4.16. The number of nitrogens with zero attached hydrogens (tertiary/aromatic N) is 1. The van der Waals surface area contributed by atoms with Gasteiger partial charge in [-0.25, -0.2) is 4.98 Å². The molecule has 0 saturated heterocycles. The number of nitrogens with two attached hydrogens (primary N) is 1. The van der Waals surface area contributed by atoms with Crippen molar-refractivity contribution < 1.29 is 0 Å². The topological polar surface area (TPSA) is 50.9 Å². The number of nitrogen functional groups attached to an aromatic ring is 1. The zero-order chi connectivity index (χ0) is 15.1. The van der Waals surface area contributed by atoms with Gasteiger partial charge in [-0.2, -0.15) is 0 Å². The Bertz CT molecular complexity index is 524. The summed E-state index contributed by atoms with van der Waals surface area (Å²) in [5.41, 5.74) is 8.20. The van der Waals surface area contributed by atoms with Crippen molar-refractivity contribution in [3.63, 3.8) is 0 Å². The van der Waals surface area contributed by atoms with E-state index in [9.17, 15) is 0 Å². The molecule has 0 saturated carbocycles. The number of benzene rings is 1. The third kappa shape index (κ3) is 4.73. The lowest BCUT2D eigenvalue weighted by Crippen LogP contribution is -2.34. The van der Waals surface area contributed by atoms with Crippen molar-refractivity contribution in [3.05, 3.63) is 58.7 Å². The predicted molar refractivity (Wildman–Crippen MR) is 89.6 cm³/mol. The highest BCUT2D eigenvalue weighted by Crippen LogP contribution is 2.19. The van der Waals surface area contributed by atoms with Crippen LogP contribution in [-0.4, -0.2) is 17.6 Å². The minimum Gasteiger partial charge on any atom is -0.383 e. The fraction of sp³-hybridized carbons (Fsp3) is 0.353. The summed E-state index contributed by atoms with van der Waals surface area (Å²) >= 11 is 6.27. The number of aromatic nitrogens is 1. The van der Waals surface area contributed by atoms with Gasteiger partial charge in [0.1, 0.15) is 5.82 Å². The van der Waals surface area contributed by atoms with Gasteiger partial charge in [-0.05, 0) is 49.1 Å². The van der Waals surface area contributed by atoms with Gasteiger partial charge in [-0.3, -0.25) is 0 Å². The van der Waals surface area contributed by atoms with Crippen molar-refractivity contribution in [2.75, 3.05) is 12.3 Å². The van der Waals surface area contributed by atoms with Gasteiger partial charge < -0.3 is 11.1 Å². The van der Waals surface area contributed by atoms with Crippen LogP contribution < -0.4 is 11.1 Å². The van der Waals surface area contributed by atoms with Gasteiger partial charge in [0.2, 0.25) is 0 Å². The average Bonchev–Trinajstić information content (AvgIpc) is 2.49. The van der Waals surface area contributed by atoms with E-state index in [0.29, 0.717) is 11.9 Å². The Morgan fingerprint density at radius 3 is 2.57 bits per heavy atom. The molecule has 2 aromatic rings. The molecule has 1 heterocycles. The molecule has 1 atom stereocenters. The Hall–Kier alpha value is -1.58. The van der Waals surface area contributed by atoms with Crippen LogP contribution in [0.25, 0.3) is 0 Å². The van der Waals surface area contributed by atoms with E-state index in [1.165, 1.54) is 0 Å². The van der Waals surface area contributed by atoms with Crippen molar-refractivity contribution in [2.45, 2.75) is 32.2 Å². The molecule has 0 aliphatic rings. The van der Waals surface area contributed by atoms with Crippen LogP contribution in [0.1, 0.15) is 24.5 Å². The van der Waals surface area contributed by atoms with E-state index in [1.54, 1.807) is 6.20 Å². The summed E-state index contributed by atoms with van der Waals surface area (Å²) in [6.45, 7) is 3.15. The molecule has 3 nitrogen and oxygen atoms in total. The smallest absolute Gasteiger partial charge is 0.126 e. The quantitative estimate of drug-likeness (QED) is 0.823. The number of halogens is 1. The number of anilines is 1. The second-order valence-corrected chi connectivity index (χ2v) is 5.61. The zero-order valence-electron chi connectivity index (χ0n) is 12.3. The third-order valence-electron chi connectivity index (χ3n) is 3.50. The van der Waals surface area contributed by atoms with Crippen LogP contribution in [0.5, 0.6) is 0 Å². The van der Waals surface area contributed by atoms with E-state index in [0.717, 1.165) is 42.0 Å². The standard InChI is InChI=1S/C17H22ClN3/c1-2-9-20-15(11-13-6-3-4-8-16(13)18)12-14-7-5-10-21-17(14)19/h3-8,10,15,20H,2,9,11-12H2,1H3,(H2,19,21). The van der Waals surface area contributed by atoms with Crippen LogP contribution in [0.4, 0.5) is 5.82 Å². The summed E-state index contributed by atoms with van der Waals surface area (Å²) in [7, 11) is 0. The molecule has 1 unspecified atom stereocenters. The van der Waals surface area contributed by atoms with Crippen molar-refractivity contribution in [3.8, 4) is 0 Å². The third-order valence-corrected chi connectivity index (χ3v) is 3.87. The first-order valence-electron chi connectivity index (χ1n) is 7.37. The Morgan fingerprint density at radius 2 is 1.86 bits per heavy atom. The molecule has 2 rings (SSSR count). The molecule has 0 aliphatic carbocycles. The van der Waals surface area contributed by atoms with Crippen molar-refractivity contribution in [1.29, 1.82) is 0 Å². The van der Waals surface area contributed by atoms with Gasteiger partial charge in [0, 0.05) is 17.3 Å². The normalized spacial score (nSPS) is 12.3. The molecular weight excluding hydrogens is 282 g/mol. The first kappa shape index (κ1) is 15.8. The molecule has 0 fully saturated rings. The van der Waals surface area contributed by atoms with Gasteiger partial charge >= 0.3 is 0 Å². The molecule has 0 amide bonds. The van der Waals surface area contributed by atoms with E-state index in [-0.39, 0.29) is 0 Å². The van der Waals surface area contributed by atoms with Crippen LogP contribution in [0.15, 0.2) is 42.6 Å². The van der Waals surface area contributed by atoms with Gasteiger partial charge in [-0.15, -0.1) is 0 Å². The van der Waals surface area contributed by atoms with Crippen LogP contribution in [0, 0.1) is 0 Å². The van der Waals surface area contributed by atoms with Crippen LogP contribution in [0.3, 0.4) is 0 Å². The summed E-state index contributed by atoms with van der Waals surface area (Å²) in [5.74, 6) is 0.611. The monoisotopic (exact) mass is 303 g/mol. The van der Waals surface area contributed by atoms with Gasteiger partial charge in [0.25, 0.3) is 0 Å². The van der Waals surface area contributed by atoms with Crippen molar-refractivity contribution in [2.24, 2.45) is 0 Å². The maximum absolute atomic E-state index is 6.27. The molecule has 21 heavy (non-hydrogen) atoms. The first-order valence-corrected chi connectivity index (χ1v) is 7.74. The average molecular weight is 304 g/mol. The Labute approximate surface area is 131 Å². The number of hydrogen-bond acceptors (Lipinski definition) is 3. The van der Waals surface area contributed by atoms with Gasteiger partial charge in [0.15, 0.2) is 0 Å². The van der Waals surface area contributed by atoms with E-state index >= 15 is 0 Å². The summed E-state index contributed by atoms with van der Waals surface area (Å²) in [5, 5.41) is 4.40. The summed E-state index contributed by atoms with van der Waals surface area (Å²) in [6.07, 6.45) is 4.56. The number of pyridine rings is 1. The lowest BCUT2D eigenvalue weighted by molar-refractivity contribution is 0.505. The largest absolute Gasteiger partial charge is 0.383 e. The maximum Gasteiger partial charge on any atom is 0.126 e. The maximum atomic E-state index is 6.27. The molecule has 4 heteroatoms. The molecule has 3 N–H and O–H groups in total. The highest BCUT2D eigenvalue weighted by molar-refractivity contribution is 6.31. The van der Waals surface area contributed by atoms with Crippen LogP contribution in [0.2, 0.25) is 5.02 Å². The summed E-state index contributed by atoms with van der Waals surface area (Å²) in [6, 6.07) is 12.3. The summed E-state index contributed by atoms with van der Waals surface area (Å²) < 4.78 is 0. The van der Waals surface area contributed by atoms with Crippen molar-refractivity contribution in [1.82, 2.24) is 10.3 Å². The van der Waals surface area contributed by atoms with Crippen LogP contribution >= 0.6 is 11.6 Å². The fourth-order valence-electron chi connectivity index (χ4n) is 2.38. The lowest BCUT2D eigenvalue weighted by Gasteiger charge is -2.20. The Morgan fingerprint density at radius 1 is 1.14 bits per heavy atom. The lowest BCUT2D eigenvalue weighted by atomic mass is 9.99. The van der Waals surface area contributed by atoms with E-state index in [4.69, 9.17) is 17.3 Å². The van der Waals surface area contributed by atoms with Crippen molar-refractivity contribution >= 4 is 17.4 Å². The number of hydrogen-bond donors (Lipinski definition) is 2. The molecular formula is C17H22ClN3. The number of nitrogens with one attached hydrogen (secondary N) is 1. The highest BCUT2D eigenvalue weighted by atomic mass is 35.5. The second kappa shape index (κ2) is 8.01. The SMILES string of the molecule is CCCNC(Cc1ccccc1Cl)Cc1cccnc1N. The second-order valence-electron chi connectivity index (χ2n) is 5.20. The van der Waals surface area contributed by atoms with E-state index in [2.05, 4.69) is 23.3 Å². The van der Waals surface area contributed by atoms with Crippen LogP contribution in [-0.2, 0) is 12.8 Å². The minimum absolute atomic E-state index is 0.302. The molecule has 1 aromatic carbocycles. The highest BCUT2D eigenvalue weighted by Gasteiger charge is 2.13. The van der Waals surface area contributed by atoms with E-state index < -0.39 is 0 Å². The Balaban J connectivity index is 2.11. The zero-order valence-corrected chi connectivity index (χ0v) is 13.1. The number of rotatable bonds is 7. The molecule has 0 radical (unpaired) electrons. The van der Waals surface area contributed by atoms with Gasteiger partial charge in [0.05, 0.1) is 0 Å².